The lowest BCUT2D eigenvalue weighted by molar-refractivity contribution is -0.188. The molecule has 0 aromatic carbocycles. The number of alkyl halides is 3. The average molecular weight is 420 g/mol. The molecule has 3 heterocycles. The molecule has 0 spiro atoms. The van der Waals surface area contributed by atoms with Crippen molar-refractivity contribution < 1.29 is 27.5 Å². The molecule has 0 aromatic rings. The standard InChI is InChI=1S/C19H31F3N4O3/c1-15(18(28)25-9-11-29-12-10-25)24-7-5-23(6-8-24)14-17(27)26-4-2-3-16(13-26)19(20,21)22/h15-16H,2-14H2,1H3. The molecule has 7 nitrogen and oxygen atoms in total. The summed E-state index contributed by atoms with van der Waals surface area (Å²) in [4.78, 5) is 32.4. The van der Waals surface area contributed by atoms with Crippen LogP contribution in [0.5, 0.6) is 0 Å². The number of carbonyl (C=O) groups excluding carboxylic acids is 2. The largest absolute Gasteiger partial charge is 0.393 e. The van der Waals surface area contributed by atoms with Crippen LogP contribution in [0.3, 0.4) is 0 Å². The Labute approximate surface area is 169 Å². The number of ether oxygens (including phenoxy) is 1. The number of halogens is 3. The van der Waals surface area contributed by atoms with Gasteiger partial charge < -0.3 is 14.5 Å². The van der Waals surface area contributed by atoms with E-state index in [-0.39, 0.29) is 37.4 Å². The van der Waals surface area contributed by atoms with Gasteiger partial charge in [0.25, 0.3) is 0 Å². The van der Waals surface area contributed by atoms with Crippen LogP contribution in [-0.2, 0) is 14.3 Å². The number of carbonyl (C=O) groups is 2. The third-order valence-electron chi connectivity index (χ3n) is 6.23. The maximum Gasteiger partial charge on any atom is 0.393 e. The highest BCUT2D eigenvalue weighted by Crippen LogP contribution is 2.33. The van der Waals surface area contributed by atoms with E-state index in [0.29, 0.717) is 65.4 Å². The lowest BCUT2D eigenvalue weighted by Gasteiger charge is -2.40. The number of amides is 2. The molecule has 3 fully saturated rings. The fourth-order valence-corrected chi connectivity index (χ4v) is 4.28. The van der Waals surface area contributed by atoms with Crippen LogP contribution in [-0.4, -0.2) is 116 Å². The molecular weight excluding hydrogens is 389 g/mol. The summed E-state index contributed by atoms with van der Waals surface area (Å²) in [6, 6.07) is -0.222. The van der Waals surface area contributed by atoms with Crippen LogP contribution in [0.2, 0.25) is 0 Å². The topological polar surface area (TPSA) is 56.3 Å². The molecule has 29 heavy (non-hydrogen) atoms. The fourth-order valence-electron chi connectivity index (χ4n) is 4.28. The molecule has 3 aliphatic heterocycles. The number of rotatable bonds is 4. The van der Waals surface area contributed by atoms with Gasteiger partial charge in [-0.05, 0) is 19.8 Å². The van der Waals surface area contributed by atoms with Crippen molar-refractivity contribution in [2.24, 2.45) is 5.92 Å². The minimum Gasteiger partial charge on any atom is -0.378 e. The van der Waals surface area contributed by atoms with Crippen molar-refractivity contribution in [1.82, 2.24) is 19.6 Å². The fraction of sp³-hybridized carbons (Fsp3) is 0.895. The SMILES string of the molecule is CC(C(=O)N1CCOCC1)N1CCN(CC(=O)N2CCCC(C(F)(F)F)C2)CC1. The van der Waals surface area contributed by atoms with Gasteiger partial charge in [0.05, 0.1) is 31.7 Å². The van der Waals surface area contributed by atoms with Crippen LogP contribution < -0.4 is 0 Å². The van der Waals surface area contributed by atoms with Crippen LogP contribution in [0.1, 0.15) is 19.8 Å². The molecule has 0 N–H and O–H groups in total. The molecule has 0 bridgehead atoms. The number of nitrogens with zero attached hydrogens (tertiary/aromatic N) is 4. The second kappa shape index (κ2) is 9.61. The summed E-state index contributed by atoms with van der Waals surface area (Å²) in [6.45, 7) is 7.17. The van der Waals surface area contributed by atoms with Crippen molar-refractivity contribution in [2.75, 3.05) is 72.1 Å². The Morgan fingerprint density at radius 1 is 1.00 bits per heavy atom. The number of hydrogen-bond acceptors (Lipinski definition) is 5. The maximum absolute atomic E-state index is 13.0. The second-order valence-electron chi connectivity index (χ2n) is 8.15. The summed E-state index contributed by atoms with van der Waals surface area (Å²) >= 11 is 0. The summed E-state index contributed by atoms with van der Waals surface area (Å²) in [5.41, 5.74) is 0. The van der Waals surface area contributed by atoms with Crippen LogP contribution >= 0.6 is 0 Å². The van der Waals surface area contributed by atoms with Crippen molar-refractivity contribution >= 4 is 11.8 Å². The highest BCUT2D eigenvalue weighted by molar-refractivity contribution is 5.81. The van der Waals surface area contributed by atoms with E-state index in [4.69, 9.17) is 4.74 Å². The molecule has 2 amide bonds. The van der Waals surface area contributed by atoms with E-state index in [1.165, 1.54) is 4.90 Å². The van der Waals surface area contributed by atoms with Gasteiger partial charge in [0.15, 0.2) is 0 Å². The molecule has 2 atom stereocenters. The maximum atomic E-state index is 13.0. The normalized spacial score (nSPS) is 26.4. The Morgan fingerprint density at radius 3 is 2.28 bits per heavy atom. The first kappa shape index (κ1) is 22.3. The van der Waals surface area contributed by atoms with Gasteiger partial charge in [0.1, 0.15) is 0 Å². The van der Waals surface area contributed by atoms with E-state index in [1.807, 2.05) is 16.7 Å². The number of piperidine rings is 1. The van der Waals surface area contributed by atoms with Crippen molar-refractivity contribution in [3.8, 4) is 0 Å². The molecule has 3 aliphatic rings. The Bertz CT molecular complexity index is 576. The van der Waals surface area contributed by atoms with Gasteiger partial charge in [0, 0.05) is 52.4 Å². The Balaban J connectivity index is 1.43. The zero-order valence-corrected chi connectivity index (χ0v) is 17.0. The van der Waals surface area contributed by atoms with Gasteiger partial charge in [0.2, 0.25) is 11.8 Å². The Morgan fingerprint density at radius 2 is 1.66 bits per heavy atom. The first-order valence-corrected chi connectivity index (χ1v) is 10.4. The van der Waals surface area contributed by atoms with E-state index in [0.717, 1.165) is 0 Å². The summed E-state index contributed by atoms with van der Waals surface area (Å²) in [7, 11) is 0. The lowest BCUT2D eigenvalue weighted by Crippen LogP contribution is -2.57. The predicted octanol–water partition coefficient (Wildman–Crippen LogP) is 0.652. The summed E-state index contributed by atoms with van der Waals surface area (Å²) < 4.78 is 44.2. The zero-order chi connectivity index (χ0) is 21.0. The summed E-state index contributed by atoms with van der Waals surface area (Å²) in [5.74, 6) is -1.54. The van der Waals surface area contributed by atoms with E-state index in [1.54, 1.807) is 0 Å². The number of likely N-dealkylation sites (tertiary alicyclic amines) is 1. The van der Waals surface area contributed by atoms with Gasteiger partial charge in [-0.15, -0.1) is 0 Å². The zero-order valence-electron chi connectivity index (χ0n) is 17.0. The number of piperazine rings is 1. The first-order chi connectivity index (χ1) is 13.8. The van der Waals surface area contributed by atoms with Crippen LogP contribution in [0.4, 0.5) is 13.2 Å². The Kier molecular flexibility index (Phi) is 7.39. The van der Waals surface area contributed by atoms with Crippen LogP contribution in [0, 0.1) is 5.92 Å². The highest BCUT2D eigenvalue weighted by atomic mass is 19.4. The molecule has 3 rings (SSSR count). The minimum atomic E-state index is -4.24. The molecule has 10 heteroatoms. The van der Waals surface area contributed by atoms with E-state index < -0.39 is 12.1 Å². The molecular formula is C19H31F3N4O3. The molecule has 2 unspecified atom stereocenters. The van der Waals surface area contributed by atoms with Gasteiger partial charge in [-0.25, -0.2) is 0 Å². The quantitative estimate of drug-likeness (QED) is 0.669. The van der Waals surface area contributed by atoms with Crippen molar-refractivity contribution in [3.05, 3.63) is 0 Å². The number of hydrogen-bond donors (Lipinski definition) is 0. The predicted molar refractivity (Wildman–Crippen MR) is 100 cm³/mol. The lowest BCUT2D eigenvalue weighted by atomic mass is 9.97. The van der Waals surface area contributed by atoms with Crippen molar-refractivity contribution in [2.45, 2.75) is 32.0 Å². The number of morpholine rings is 1. The monoisotopic (exact) mass is 420 g/mol. The van der Waals surface area contributed by atoms with Crippen LogP contribution in [0.15, 0.2) is 0 Å². The second-order valence-corrected chi connectivity index (χ2v) is 8.15. The van der Waals surface area contributed by atoms with E-state index in [9.17, 15) is 22.8 Å². The van der Waals surface area contributed by atoms with Crippen molar-refractivity contribution in [1.29, 1.82) is 0 Å². The highest BCUT2D eigenvalue weighted by Gasteiger charge is 2.42. The van der Waals surface area contributed by atoms with E-state index in [2.05, 4.69) is 4.90 Å². The molecule has 166 valence electrons. The Hall–Kier alpha value is -1.39. The van der Waals surface area contributed by atoms with Gasteiger partial charge in [-0.3, -0.25) is 19.4 Å². The first-order valence-electron chi connectivity index (χ1n) is 10.4. The van der Waals surface area contributed by atoms with E-state index >= 15 is 0 Å². The van der Waals surface area contributed by atoms with Crippen LogP contribution in [0.25, 0.3) is 0 Å². The van der Waals surface area contributed by atoms with Gasteiger partial charge in [-0.1, -0.05) is 0 Å². The average Bonchev–Trinajstić information content (AvgIpc) is 2.73. The van der Waals surface area contributed by atoms with Gasteiger partial charge in [-0.2, -0.15) is 13.2 Å². The minimum absolute atomic E-state index is 0.0982. The molecule has 0 aliphatic carbocycles. The smallest absolute Gasteiger partial charge is 0.378 e. The molecule has 3 saturated heterocycles. The molecule has 0 aromatic heterocycles. The summed E-state index contributed by atoms with van der Waals surface area (Å²) in [6.07, 6.45) is -3.75. The molecule has 0 saturated carbocycles. The van der Waals surface area contributed by atoms with Crippen molar-refractivity contribution in [3.63, 3.8) is 0 Å². The molecule has 0 radical (unpaired) electrons. The van der Waals surface area contributed by atoms with Gasteiger partial charge >= 0.3 is 6.18 Å². The third-order valence-corrected chi connectivity index (χ3v) is 6.23. The third kappa shape index (κ3) is 5.82. The summed E-state index contributed by atoms with van der Waals surface area (Å²) in [5, 5.41) is 0.